The average molecular weight is 598 g/mol. The molecule has 0 aliphatic rings. The first-order valence-corrected chi connectivity index (χ1v) is 16.4. The van der Waals surface area contributed by atoms with Crippen LogP contribution in [0, 0.1) is 5.41 Å². The van der Waals surface area contributed by atoms with Crippen molar-refractivity contribution in [1.82, 2.24) is 10.3 Å². The van der Waals surface area contributed by atoms with E-state index in [-0.39, 0.29) is 29.5 Å². The number of nitrogens with zero attached hydrogens (tertiary/aromatic N) is 1. The van der Waals surface area contributed by atoms with Crippen molar-refractivity contribution >= 4 is 27.3 Å². The van der Waals surface area contributed by atoms with Crippen molar-refractivity contribution in [2.75, 3.05) is 23.9 Å². The van der Waals surface area contributed by atoms with Crippen LogP contribution in [0.15, 0.2) is 97.3 Å². The van der Waals surface area contributed by atoms with E-state index in [2.05, 4.69) is 48.5 Å². The Balaban J connectivity index is 1.51. The predicted molar refractivity (Wildman–Crippen MR) is 173 cm³/mol. The number of pyridine rings is 1. The predicted octanol–water partition coefficient (Wildman–Crippen LogP) is 6.08. The average Bonchev–Trinajstić information content (AvgIpc) is 2.96. The number of rotatable bonds is 11. The molecule has 8 heteroatoms. The van der Waals surface area contributed by atoms with Crippen molar-refractivity contribution in [1.29, 1.82) is 0 Å². The smallest absolute Gasteiger partial charge is 0.251 e. The van der Waals surface area contributed by atoms with Gasteiger partial charge in [-0.05, 0) is 76.4 Å². The number of hydrogen-bond donors (Lipinski definition) is 2. The molecule has 43 heavy (non-hydrogen) atoms. The molecule has 0 radical (unpaired) electrons. The van der Waals surface area contributed by atoms with Gasteiger partial charge in [-0.25, -0.2) is 8.42 Å². The number of hydrogen-bond acceptors (Lipinski definition) is 5. The molecule has 0 fully saturated rings. The molecule has 3 aromatic carbocycles. The third-order valence-electron chi connectivity index (χ3n) is 6.99. The summed E-state index contributed by atoms with van der Waals surface area (Å²) in [5.74, 6) is -1.04. The fraction of sp³-hybridized carbons (Fsp3) is 0.286. The Labute approximate surface area is 254 Å². The summed E-state index contributed by atoms with van der Waals surface area (Å²) in [4.78, 5) is 30.4. The number of anilines is 1. The molecule has 0 bridgehead atoms. The van der Waals surface area contributed by atoms with Gasteiger partial charge in [0.15, 0.2) is 0 Å². The van der Waals surface area contributed by atoms with E-state index in [4.69, 9.17) is 0 Å². The van der Waals surface area contributed by atoms with Gasteiger partial charge < -0.3 is 10.6 Å². The topological polar surface area (TPSA) is 105 Å². The van der Waals surface area contributed by atoms with Crippen molar-refractivity contribution in [2.45, 2.75) is 39.5 Å². The summed E-state index contributed by atoms with van der Waals surface area (Å²) < 4.78 is 22.7. The highest BCUT2D eigenvalue weighted by Gasteiger charge is 2.22. The molecule has 0 saturated heterocycles. The van der Waals surface area contributed by atoms with Gasteiger partial charge in [0.2, 0.25) is 5.91 Å². The highest BCUT2D eigenvalue weighted by molar-refractivity contribution is 7.90. The molecule has 7 nitrogen and oxygen atoms in total. The molecule has 1 heterocycles. The molecule has 4 rings (SSSR count). The van der Waals surface area contributed by atoms with E-state index in [0.717, 1.165) is 34.9 Å². The number of amides is 2. The van der Waals surface area contributed by atoms with Crippen molar-refractivity contribution in [3.63, 3.8) is 0 Å². The molecule has 0 aliphatic heterocycles. The molecule has 4 aromatic rings. The molecule has 1 atom stereocenters. The maximum atomic E-state index is 13.7. The molecule has 0 spiro atoms. The lowest BCUT2D eigenvalue weighted by atomic mass is 9.86. The zero-order valence-electron chi connectivity index (χ0n) is 25.1. The second-order valence-electron chi connectivity index (χ2n) is 12.1. The van der Waals surface area contributed by atoms with Crippen LogP contribution < -0.4 is 10.6 Å². The highest BCUT2D eigenvalue weighted by atomic mass is 32.2. The summed E-state index contributed by atoms with van der Waals surface area (Å²) in [7, 11) is -3.16. The summed E-state index contributed by atoms with van der Waals surface area (Å²) in [6.07, 6.45) is 6.04. The van der Waals surface area contributed by atoms with Gasteiger partial charge in [-0.1, -0.05) is 75.4 Å². The van der Waals surface area contributed by atoms with E-state index in [9.17, 15) is 18.0 Å². The van der Waals surface area contributed by atoms with Gasteiger partial charge in [0.25, 0.3) is 5.91 Å². The molecule has 1 unspecified atom stereocenters. The SMILES string of the molecule is CC(C)(C)Cc1ccc(C(Cc2ccc(C(=O)NCCS(C)(=O)=O)cc2)C(=O)Nc2ccc(-c3cccnc3)cc2)cc1. The van der Waals surface area contributed by atoms with Gasteiger partial charge in [0.1, 0.15) is 9.84 Å². The minimum Gasteiger partial charge on any atom is -0.351 e. The first-order chi connectivity index (χ1) is 20.4. The van der Waals surface area contributed by atoms with Gasteiger partial charge in [0.05, 0.1) is 11.7 Å². The van der Waals surface area contributed by atoms with Crippen molar-refractivity contribution in [3.8, 4) is 11.1 Å². The first kappa shape index (κ1) is 31.6. The summed E-state index contributed by atoms with van der Waals surface area (Å²) in [5.41, 5.74) is 6.32. The van der Waals surface area contributed by atoms with E-state index in [1.165, 1.54) is 5.56 Å². The Morgan fingerprint density at radius 1 is 0.837 bits per heavy atom. The summed E-state index contributed by atoms with van der Waals surface area (Å²) >= 11 is 0. The third-order valence-corrected chi connectivity index (χ3v) is 7.94. The monoisotopic (exact) mass is 597 g/mol. The van der Waals surface area contributed by atoms with Crippen LogP contribution in [0.5, 0.6) is 0 Å². The van der Waals surface area contributed by atoms with Crippen molar-refractivity contribution < 1.29 is 18.0 Å². The zero-order valence-corrected chi connectivity index (χ0v) is 25.9. The fourth-order valence-electron chi connectivity index (χ4n) is 4.83. The van der Waals surface area contributed by atoms with Crippen molar-refractivity contribution in [2.24, 2.45) is 5.41 Å². The van der Waals surface area contributed by atoms with Gasteiger partial charge in [0, 0.05) is 36.4 Å². The van der Waals surface area contributed by atoms with Crippen LogP contribution in [-0.4, -0.2) is 43.8 Å². The van der Waals surface area contributed by atoms with E-state index >= 15 is 0 Å². The Kier molecular flexibility index (Phi) is 10.1. The molecule has 1 aromatic heterocycles. The van der Waals surface area contributed by atoms with Gasteiger partial charge in [-0.15, -0.1) is 0 Å². The van der Waals surface area contributed by atoms with Crippen LogP contribution >= 0.6 is 0 Å². The van der Waals surface area contributed by atoms with Crippen LogP contribution in [-0.2, 0) is 27.5 Å². The molecular formula is C35H39N3O4S. The van der Waals surface area contributed by atoms with E-state index in [0.29, 0.717) is 17.7 Å². The first-order valence-electron chi connectivity index (χ1n) is 14.3. The normalized spacial score (nSPS) is 12.4. The second-order valence-corrected chi connectivity index (χ2v) is 14.4. The van der Waals surface area contributed by atoms with Crippen molar-refractivity contribution in [3.05, 3.63) is 120 Å². The summed E-state index contributed by atoms with van der Waals surface area (Å²) in [6, 6.07) is 26.9. The molecule has 0 aliphatic carbocycles. The number of carbonyl (C=O) groups excluding carboxylic acids is 2. The number of nitrogens with one attached hydrogen (secondary N) is 2. The number of sulfone groups is 1. The van der Waals surface area contributed by atoms with Crippen LogP contribution in [0.25, 0.3) is 11.1 Å². The maximum absolute atomic E-state index is 13.7. The molecule has 0 saturated carbocycles. The minimum absolute atomic E-state index is 0.0517. The van der Waals surface area contributed by atoms with Gasteiger partial charge in [-0.3, -0.25) is 14.6 Å². The lowest BCUT2D eigenvalue weighted by Gasteiger charge is -2.20. The van der Waals surface area contributed by atoms with E-state index in [1.54, 1.807) is 24.5 Å². The lowest BCUT2D eigenvalue weighted by Crippen LogP contribution is -2.28. The maximum Gasteiger partial charge on any atom is 0.251 e. The number of aromatic nitrogens is 1. The Hall–Kier alpha value is -4.30. The number of benzene rings is 3. The molecule has 2 amide bonds. The Bertz CT molecular complexity index is 1630. The quantitative estimate of drug-likeness (QED) is 0.218. The Morgan fingerprint density at radius 2 is 1.49 bits per heavy atom. The van der Waals surface area contributed by atoms with Crippen LogP contribution in [0.2, 0.25) is 0 Å². The molecule has 2 N–H and O–H groups in total. The minimum atomic E-state index is -3.16. The molecular weight excluding hydrogens is 558 g/mol. The largest absolute Gasteiger partial charge is 0.351 e. The molecule has 224 valence electrons. The summed E-state index contributed by atoms with van der Waals surface area (Å²) in [5, 5.41) is 5.73. The second kappa shape index (κ2) is 13.8. The standard InChI is InChI=1S/C35H39N3O4S/c1-35(2,3)23-26-9-11-28(12-10-26)32(22-25-7-13-29(14-8-25)33(39)37-20-21-43(4,41)42)34(40)38-31-17-15-27(16-18-31)30-6-5-19-36-24-30/h5-19,24,32H,20-23H2,1-4H3,(H,37,39)(H,38,40). The lowest BCUT2D eigenvalue weighted by molar-refractivity contribution is -0.117. The van der Waals surface area contributed by atoms with Crippen LogP contribution in [0.3, 0.4) is 0 Å². The van der Waals surface area contributed by atoms with Gasteiger partial charge >= 0.3 is 0 Å². The highest BCUT2D eigenvalue weighted by Crippen LogP contribution is 2.27. The van der Waals surface area contributed by atoms with Gasteiger partial charge in [-0.2, -0.15) is 0 Å². The summed E-state index contributed by atoms with van der Waals surface area (Å²) in [6.45, 7) is 6.65. The van der Waals surface area contributed by atoms with E-state index < -0.39 is 15.8 Å². The van der Waals surface area contributed by atoms with E-state index in [1.807, 2.05) is 60.7 Å². The van der Waals surface area contributed by atoms with Crippen LogP contribution in [0.1, 0.15) is 53.7 Å². The fourth-order valence-corrected chi connectivity index (χ4v) is 5.30. The third kappa shape index (κ3) is 9.89. The Morgan fingerprint density at radius 3 is 2.07 bits per heavy atom. The van der Waals surface area contributed by atoms with Crippen LogP contribution in [0.4, 0.5) is 5.69 Å². The zero-order chi connectivity index (χ0) is 31.0. The number of carbonyl (C=O) groups is 2.